The van der Waals surface area contributed by atoms with Crippen molar-refractivity contribution < 1.29 is 9.59 Å². The first-order valence-electron chi connectivity index (χ1n) is 13.1. The number of nitrogens with two attached hydrogens (primary N) is 1. The van der Waals surface area contributed by atoms with Crippen molar-refractivity contribution in [1.82, 2.24) is 15.1 Å². The Bertz CT molecular complexity index is 1160. The molecule has 1 fully saturated rings. The Kier molecular flexibility index (Phi) is 9.09. The number of nitrogens with zero attached hydrogens (tertiary/aromatic N) is 2. The Hall–Kier alpha value is -3.48. The maximum absolute atomic E-state index is 13.6. The van der Waals surface area contributed by atoms with Crippen LogP contribution < -0.4 is 11.1 Å². The Morgan fingerprint density at radius 2 is 1.57 bits per heavy atom. The summed E-state index contributed by atoms with van der Waals surface area (Å²) in [4.78, 5) is 31.0. The van der Waals surface area contributed by atoms with Crippen molar-refractivity contribution in [1.29, 1.82) is 0 Å². The van der Waals surface area contributed by atoms with Crippen LogP contribution >= 0.6 is 0 Å². The minimum absolute atomic E-state index is 0.0630. The van der Waals surface area contributed by atoms with Gasteiger partial charge < -0.3 is 16.0 Å². The highest BCUT2D eigenvalue weighted by molar-refractivity contribution is 5.98. The minimum atomic E-state index is -0.525. The fourth-order valence-electron chi connectivity index (χ4n) is 4.96. The summed E-state index contributed by atoms with van der Waals surface area (Å²) in [5, 5.41) is 2.92. The zero-order valence-corrected chi connectivity index (χ0v) is 21.9. The van der Waals surface area contributed by atoms with Gasteiger partial charge in [0.15, 0.2) is 0 Å². The number of benzene rings is 3. The van der Waals surface area contributed by atoms with Gasteiger partial charge in [-0.15, -0.1) is 0 Å². The van der Waals surface area contributed by atoms with E-state index in [1.807, 2.05) is 37.3 Å². The molecule has 3 N–H and O–H groups in total. The van der Waals surface area contributed by atoms with Crippen molar-refractivity contribution in [3.63, 3.8) is 0 Å². The number of hydrogen-bond donors (Lipinski definition) is 2. The van der Waals surface area contributed by atoms with Crippen LogP contribution in [0.15, 0.2) is 78.9 Å². The van der Waals surface area contributed by atoms with Crippen LogP contribution in [0, 0.1) is 13.8 Å². The SMILES string of the molecule is Cc1ccc(CN(CCc2ccccc2)C2CC(C(=O)NCCN)N(C(=O)c3ccc(C)cc3)C2)cc1. The molecule has 37 heavy (non-hydrogen) atoms. The van der Waals surface area contributed by atoms with E-state index in [1.165, 1.54) is 16.7 Å². The summed E-state index contributed by atoms with van der Waals surface area (Å²) in [5.74, 6) is -0.236. The smallest absolute Gasteiger partial charge is 0.254 e. The van der Waals surface area contributed by atoms with Crippen molar-refractivity contribution in [2.75, 3.05) is 26.2 Å². The van der Waals surface area contributed by atoms with Crippen LogP contribution in [0.5, 0.6) is 0 Å². The third-order valence-electron chi connectivity index (χ3n) is 7.14. The van der Waals surface area contributed by atoms with Gasteiger partial charge in [0, 0.05) is 44.3 Å². The third kappa shape index (κ3) is 7.06. The highest BCUT2D eigenvalue weighted by atomic mass is 16.2. The van der Waals surface area contributed by atoms with Gasteiger partial charge in [-0.25, -0.2) is 0 Å². The molecule has 4 rings (SSSR count). The molecule has 6 heteroatoms. The lowest BCUT2D eigenvalue weighted by Crippen LogP contribution is -2.47. The Labute approximate surface area is 220 Å². The highest BCUT2D eigenvalue weighted by Crippen LogP contribution is 2.27. The maximum Gasteiger partial charge on any atom is 0.254 e. The lowest BCUT2D eigenvalue weighted by molar-refractivity contribution is -0.124. The van der Waals surface area contributed by atoms with E-state index in [1.54, 1.807) is 4.90 Å². The molecule has 0 saturated carbocycles. The van der Waals surface area contributed by atoms with Gasteiger partial charge in [-0.1, -0.05) is 77.9 Å². The highest BCUT2D eigenvalue weighted by Gasteiger charge is 2.41. The fraction of sp³-hybridized carbons (Fsp3) is 0.355. The van der Waals surface area contributed by atoms with Gasteiger partial charge in [0.1, 0.15) is 6.04 Å². The van der Waals surface area contributed by atoms with E-state index in [0.29, 0.717) is 31.6 Å². The molecule has 6 nitrogen and oxygen atoms in total. The van der Waals surface area contributed by atoms with Gasteiger partial charge in [0.05, 0.1) is 0 Å². The van der Waals surface area contributed by atoms with Crippen LogP contribution in [0.3, 0.4) is 0 Å². The number of carbonyl (C=O) groups excluding carboxylic acids is 2. The molecular formula is C31H38N4O2. The van der Waals surface area contributed by atoms with E-state index in [-0.39, 0.29) is 17.9 Å². The van der Waals surface area contributed by atoms with E-state index in [2.05, 4.69) is 65.7 Å². The Balaban J connectivity index is 1.58. The fourth-order valence-corrected chi connectivity index (χ4v) is 4.96. The lowest BCUT2D eigenvalue weighted by Gasteiger charge is -2.29. The largest absolute Gasteiger partial charge is 0.353 e. The molecule has 1 aliphatic rings. The van der Waals surface area contributed by atoms with Gasteiger partial charge in [0.25, 0.3) is 5.91 Å². The molecule has 1 saturated heterocycles. The molecule has 0 radical (unpaired) electrons. The van der Waals surface area contributed by atoms with Gasteiger partial charge in [-0.05, 0) is 49.9 Å². The molecule has 0 bridgehead atoms. The van der Waals surface area contributed by atoms with E-state index in [4.69, 9.17) is 5.73 Å². The van der Waals surface area contributed by atoms with Gasteiger partial charge >= 0.3 is 0 Å². The zero-order chi connectivity index (χ0) is 26.2. The van der Waals surface area contributed by atoms with Crippen LogP contribution in [-0.4, -0.2) is 59.9 Å². The summed E-state index contributed by atoms with van der Waals surface area (Å²) in [6.07, 6.45) is 1.49. The van der Waals surface area contributed by atoms with Gasteiger partial charge in [-0.3, -0.25) is 14.5 Å². The van der Waals surface area contributed by atoms with E-state index in [9.17, 15) is 9.59 Å². The van der Waals surface area contributed by atoms with E-state index >= 15 is 0 Å². The van der Waals surface area contributed by atoms with Crippen LogP contribution in [-0.2, 0) is 17.8 Å². The molecule has 3 aromatic carbocycles. The predicted octanol–water partition coefficient (Wildman–Crippen LogP) is 3.71. The molecule has 1 aliphatic heterocycles. The summed E-state index contributed by atoms with van der Waals surface area (Å²) in [7, 11) is 0. The normalized spacial score (nSPS) is 17.2. The molecule has 0 aromatic heterocycles. The van der Waals surface area contributed by atoms with Crippen molar-refractivity contribution in [2.24, 2.45) is 5.73 Å². The first kappa shape index (κ1) is 26.6. The molecule has 194 valence electrons. The topological polar surface area (TPSA) is 78.7 Å². The molecular weight excluding hydrogens is 460 g/mol. The zero-order valence-electron chi connectivity index (χ0n) is 21.9. The molecule has 2 amide bonds. The maximum atomic E-state index is 13.6. The number of carbonyl (C=O) groups is 2. The molecule has 3 aromatic rings. The minimum Gasteiger partial charge on any atom is -0.353 e. The standard InChI is InChI=1S/C31H38N4O2/c1-23-8-12-26(13-9-23)21-34(19-16-25-6-4-3-5-7-25)28-20-29(30(36)33-18-17-32)35(22-28)31(37)27-14-10-24(2)11-15-27/h3-15,28-29H,16-22,32H2,1-2H3,(H,33,36). The third-order valence-corrected chi connectivity index (χ3v) is 7.14. The van der Waals surface area contributed by atoms with Crippen molar-refractivity contribution in [2.45, 2.75) is 45.3 Å². The number of rotatable bonds is 10. The second-order valence-corrected chi connectivity index (χ2v) is 10.0. The number of aryl methyl sites for hydroxylation is 2. The Morgan fingerprint density at radius 3 is 2.22 bits per heavy atom. The summed E-state index contributed by atoms with van der Waals surface area (Å²) < 4.78 is 0. The summed E-state index contributed by atoms with van der Waals surface area (Å²) in [5.41, 5.74) is 11.1. The average Bonchev–Trinajstić information content (AvgIpc) is 3.37. The summed E-state index contributed by atoms with van der Waals surface area (Å²) in [6, 6.07) is 26.2. The van der Waals surface area contributed by atoms with Crippen LogP contribution in [0.1, 0.15) is 39.0 Å². The molecule has 2 unspecified atom stereocenters. The second-order valence-electron chi connectivity index (χ2n) is 10.0. The van der Waals surface area contributed by atoms with Crippen molar-refractivity contribution >= 4 is 11.8 Å². The number of nitrogens with one attached hydrogen (secondary N) is 1. The van der Waals surface area contributed by atoms with Gasteiger partial charge in [0.2, 0.25) is 5.91 Å². The van der Waals surface area contributed by atoms with Crippen molar-refractivity contribution in [3.8, 4) is 0 Å². The average molecular weight is 499 g/mol. The van der Waals surface area contributed by atoms with Crippen LogP contribution in [0.4, 0.5) is 0 Å². The molecule has 0 aliphatic carbocycles. The molecule has 1 heterocycles. The number of likely N-dealkylation sites (tertiary alicyclic amines) is 1. The monoisotopic (exact) mass is 498 g/mol. The summed E-state index contributed by atoms with van der Waals surface area (Å²) >= 11 is 0. The lowest BCUT2D eigenvalue weighted by atomic mass is 10.1. The van der Waals surface area contributed by atoms with Crippen LogP contribution in [0.25, 0.3) is 0 Å². The van der Waals surface area contributed by atoms with E-state index in [0.717, 1.165) is 25.1 Å². The number of amides is 2. The van der Waals surface area contributed by atoms with Gasteiger partial charge in [-0.2, -0.15) is 0 Å². The van der Waals surface area contributed by atoms with E-state index < -0.39 is 6.04 Å². The Morgan fingerprint density at radius 1 is 0.919 bits per heavy atom. The van der Waals surface area contributed by atoms with Crippen LogP contribution in [0.2, 0.25) is 0 Å². The molecule has 0 spiro atoms. The number of hydrogen-bond acceptors (Lipinski definition) is 4. The summed E-state index contributed by atoms with van der Waals surface area (Å²) in [6.45, 7) is 6.96. The first-order valence-corrected chi connectivity index (χ1v) is 13.1. The molecule has 2 atom stereocenters. The predicted molar refractivity (Wildman–Crippen MR) is 148 cm³/mol. The van der Waals surface area contributed by atoms with Crippen molar-refractivity contribution in [3.05, 3.63) is 107 Å². The second kappa shape index (κ2) is 12.7. The quantitative estimate of drug-likeness (QED) is 0.447. The first-order chi connectivity index (χ1) is 17.9.